The van der Waals surface area contributed by atoms with Crippen molar-refractivity contribution in [3.05, 3.63) is 23.9 Å². The summed E-state index contributed by atoms with van der Waals surface area (Å²) in [7, 11) is 0. The molecular formula is C12H14N2O2. The van der Waals surface area contributed by atoms with Crippen LogP contribution in [0, 0.1) is 17.8 Å². The number of hydrogen-bond donors (Lipinski definition) is 1. The minimum absolute atomic E-state index is 0.352. The van der Waals surface area contributed by atoms with E-state index < -0.39 is 5.41 Å². The highest BCUT2D eigenvalue weighted by atomic mass is 16.7. The third-order valence-corrected chi connectivity index (χ3v) is 1.79. The van der Waals surface area contributed by atoms with Crippen molar-refractivity contribution in [3.63, 3.8) is 0 Å². The van der Waals surface area contributed by atoms with Crippen LogP contribution in [0.5, 0.6) is 0 Å². The molecule has 0 amide bonds. The first-order valence-electron chi connectivity index (χ1n) is 4.83. The molecule has 0 aromatic carbocycles. The van der Waals surface area contributed by atoms with Gasteiger partial charge in [0, 0.05) is 11.8 Å². The van der Waals surface area contributed by atoms with E-state index in [1.165, 1.54) is 6.20 Å². The van der Waals surface area contributed by atoms with E-state index in [4.69, 9.17) is 11.3 Å². The topological polar surface area (TPSA) is 51.2 Å². The Balaban J connectivity index is 2.56. The Morgan fingerprint density at radius 3 is 2.62 bits per heavy atom. The van der Waals surface area contributed by atoms with Crippen molar-refractivity contribution in [2.75, 3.05) is 5.48 Å². The first-order chi connectivity index (χ1) is 7.43. The van der Waals surface area contributed by atoms with Crippen LogP contribution in [0.25, 0.3) is 0 Å². The summed E-state index contributed by atoms with van der Waals surface area (Å²) in [6.45, 7) is 5.31. The van der Waals surface area contributed by atoms with Crippen molar-refractivity contribution in [1.82, 2.24) is 4.98 Å². The number of nitrogens with one attached hydrogen (secondary N) is 1. The van der Waals surface area contributed by atoms with Crippen LogP contribution in [-0.4, -0.2) is 11.0 Å². The van der Waals surface area contributed by atoms with Gasteiger partial charge in [-0.15, -0.1) is 6.42 Å². The number of hydrogen-bond acceptors (Lipinski definition) is 4. The van der Waals surface area contributed by atoms with Gasteiger partial charge in [-0.3, -0.25) is 0 Å². The molecule has 16 heavy (non-hydrogen) atoms. The second-order valence-corrected chi connectivity index (χ2v) is 4.32. The van der Waals surface area contributed by atoms with Crippen LogP contribution < -0.4 is 5.48 Å². The number of carbonyl (C=O) groups excluding carboxylic acids is 1. The largest absolute Gasteiger partial charge is 0.341 e. The van der Waals surface area contributed by atoms with E-state index in [-0.39, 0.29) is 5.97 Å². The van der Waals surface area contributed by atoms with Crippen LogP contribution >= 0.6 is 0 Å². The number of nitrogens with zero attached hydrogens (tertiary/aromatic N) is 1. The molecule has 0 unspecified atom stereocenters. The predicted molar refractivity (Wildman–Crippen MR) is 61.3 cm³/mol. The number of carbonyl (C=O) groups is 1. The molecule has 84 valence electrons. The molecule has 1 rings (SSSR count). The summed E-state index contributed by atoms with van der Waals surface area (Å²) in [4.78, 5) is 20.3. The molecule has 0 spiro atoms. The van der Waals surface area contributed by atoms with E-state index in [2.05, 4.69) is 16.4 Å². The van der Waals surface area contributed by atoms with E-state index in [0.29, 0.717) is 11.4 Å². The third kappa shape index (κ3) is 3.28. The highest BCUT2D eigenvalue weighted by Crippen LogP contribution is 2.15. The zero-order valence-corrected chi connectivity index (χ0v) is 9.57. The molecule has 0 aliphatic rings. The standard InChI is InChI=1S/C12H14N2O2/c1-5-9-6-7-10(13-8-9)14-16-11(15)12(2,3)4/h1,6-8H,2-4H3,(H,13,14). The maximum absolute atomic E-state index is 11.4. The van der Waals surface area contributed by atoms with Crippen molar-refractivity contribution in [3.8, 4) is 12.3 Å². The van der Waals surface area contributed by atoms with E-state index in [0.717, 1.165) is 0 Å². The summed E-state index contributed by atoms with van der Waals surface area (Å²) < 4.78 is 0. The first kappa shape index (κ1) is 12.1. The molecule has 1 aromatic heterocycles. The van der Waals surface area contributed by atoms with Gasteiger partial charge < -0.3 is 4.84 Å². The molecule has 0 saturated carbocycles. The lowest BCUT2D eigenvalue weighted by Crippen LogP contribution is -2.25. The van der Waals surface area contributed by atoms with E-state index in [1.807, 2.05) is 0 Å². The van der Waals surface area contributed by atoms with Gasteiger partial charge in [-0.2, -0.15) is 0 Å². The number of aromatic nitrogens is 1. The van der Waals surface area contributed by atoms with Gasteiger partial charge in [0.2, 0.25) is 0 Å². The predicted octanol–water partition coefficient (Wildman–Crippen LogP) is 1.98. The summed E-state index contributed by atoms with van der Waals surface area (Å²) in [5, 5.41) is 0. The van der Waals surface area contributed by atoms with Crippen LogP contribution in [0.15, 0.2) is 18.3 Å². The van der Waals surface area contributed by atoms with Crippen LogP contribution in [-0.2, 0) is 9.63 Å². The SMILES string of the molecule is C#Cc1ccc(NOC(=O)C(C)(C)C)nc1. The summed E-state index contributed by atoms with van der Waals surface area (Å²) in [6.07, 6.45) is 6.70. The fraction of sp³-hybridized carbons (Fsp3) is 0.333. The molecule has 1 heterocycles. The molecular weight excluding hydrogens is 204 g/mol. The Bertz CT molecular complexity index is 410. The van der Waals surface area contributed by atoms with Gasteiger partial charge >= 0.3 is 5.97 Å². The molecule has 0 saturated heterocycles. The second-order valence-electron chi connectivity index (χ2n) is 4.32. The zero-order chi connectivity index (χ0) is 12.2. The molecule has 0 aliphatic carbocycles. The van der Waals surface area contributed by atoms with Crippen LogP contribution in [0.3, 0.4) is 0 Å². The minimum Gasteiger partial charge on any atom is -0.341 e. The third-order valence-electron chi connectivity index (χ3n) is 1.79. The van der Waals surface area contributed by atoms with E-state index in [1.54, 1.807) is 32.9 Å². The van der Waals surface area contributed by atoms with Crippen LogP contribution in [0.1, 0.15) is 26.3 Å². The monoisotopic (exact) mass is 218 g/mol. The van der Waals surface area contributed by atoms with Crippen molar-refractivity contribution >= 4 is 11.8 Å². The molecule has 4 heteroatoms. The lowest BCUT2D eigenvalue weighted by Gasteiger charge is -2.16. The molecule has 1 aromatic rings. The van der Waals surface area contributed by atoms with Gasteiger partial charge in [0.1, 0.15) is 0 Å². The number of terminal acetylenes is 1. The molecule has 0 atom stereocenters. The Hall–Kier alpha value is -2.02. The molecule has 0 radical (unpaired) electrons. The highest BCUT2D eigenvalue weighted by molar-refractivity contribution is 5.76. The highest BCUT2D eigenvalue weighted by Gasteiger charge is 2.23. The van der Waals surface area contributed by atoms with Gasteiger partial charge in [0.15, 0.2) is 5.82 Å². The Kier molecular flexibility index (Phi) is 3.51. The van der Waals surface area contributed by atoms with E-state index >= 15 is 0 Å². The second kappa shape index (κ2) is 4.67. The van der Waals surface area contributed by atoms with Crippen molar-refractivity contribution < 1.29 is 9.63 Å². The van der Waals surface area contributed by atoms with Crippen molar-refractivity contribution in [1.29, 1.82) is 0 Å². The average molecular weight is 218 g/mol. The van der Waals surface area contributed by atoms with Gasteiger partial charge in [0.05, 0.1) is 5.41 Å². The van der Waals surface area contributed by atoms with E-state index in [9.17, 15) is 4.79 Å². The quantitative estimate of drug-likeness (QED) is 0.609. The molecule has 1 N–H and O–H groups in total. The molecule has 0 aliphatic heterocycles. The number of rotatable bonds is 2. The fourth-order valence-electron chi connectivity index (χ4n) is 0.791. The molecule has 0 fully saturated rings. The molecule has 4 nitrogen and oxygen atoms in total. The lowest BCUT2D eigenvalue weighted by atomic mass is 9.98. The normalized spacial score (nSPS) is 10.4. The number of pyridine rings is 1. The first-order valence-corrected chi connectivity index (χ1v) is 4.83. The Morgan fingerprint density at radius 1 is 1.50 bits per heavy atom. The summed E-state index contributed by atoms with van der Waals surface area (Å²) in [5.41, 5.74) is 2.60. The number of anilines is 1. The molecule has 0 bridgehead atoms. The van der Waals surface area contributed by atoms with Crippen molar-refractivity contribution in [2.24, 2.45) is 5.41 Å². The average Bonchev–Trinajstić information content (AvgIpc) is 2.25. The lowest BCUT2D eigenvalue weighted by molar-refractivity contribution is -0.149. The summed E-state index contributed by atoms with van der Waals surface area (Å²) in [5.74, 6) is 2.54. The minimum atomic E-state index is -0.550. The maximum Gasteiger partial charge on any atom is 0.337 e. The van der Waals surface area contributed by atoms with Crippen molar-refractivity contribution in [2.45, 2.75) is 20.8 Å². The smallest absolute Gasteiger partial charge is 0.337 e. The van der Waals surface area contributed by atoms with Crippen LogP contribution in [0.4, 0.5) is 5.82 Å². The van der Waals surface area contributed by atoms with Gasteiger partial charge in [-0.05, 0) is 32.9 Å². The Labute approximate surface area is 95.0 Å². The Morgan fingerprint density at radius 2 is 2.19 bits per heavy atom. The van der Waals surface area contributed by atoms with Gasteiger partial charge in [-0.25, -0.2) is 15.3 Å². The zero-order valence-electron chi connectivity index (χ0n) is 9.57. The maximum atomic E-state index is 11.4. The van der Waals surface area contributed by atoms with Crippen LogP contribution in [0.2, 0.25) is 0 Å². The van der Waals surface area contributed by atoms with Gasteiger partial charge in [0.25, 0.3) is 0 Å². The van der Waals surface area contributed by atoms with Gasteiger partial charge in [-0.1, -0.05) is 5.92 Å². The summed E-state index contributed by atoms with van der Waals surface area (Å²) >= 11 is 0. The fourth-order valence-corrected chi connectivity index (χ4v) is 0.791. The summed E-state index contributed by atoms with van der Waals surface area (Å²) in [6, 6.07) is 3.35.